The molecule has 1 aromatic rings. The summed E-state index contributed by atoms with van der Waals surface area (Å²) in [7, 11) is 0. The van der Waals surface area contributed by atoms with Crippen LogP contribution in [0.1, 0.15) is 43.1 Å². The Morgan fingerprint density at radius 2 is 2.19 bits per heavy atom. The fraction of sp³-hybridized carbons (Fsp3) is 0.500. The standard InChI is InChI=1S/C12H17FN2O/c1-2-3-4-5-9-14-12(16)10-7-6-8-11(13)15-10/h6-8H,2-5,9H2,1H3,(H,14,16). The minimum Gasteiger partial charge on any atom is -0.351 e. The molecule has 0 radical (unpaired) electrons. The fourth-order valence-corrected chi connectivity index (χ4v) is 1.38. The van der Waals surface area contributed by atoms with Crippen LogP contribution < -0.4 is 5.32 Å². The third-order valence-electron chi connectivity index (χ3n) is 2.26. The van der Waals surface area contributed by atoms with Gasteiger partial charge in [0.2, 0.25) is 5.95 Å². The number of aromatic nitrogens is 1. The third-order valence-corrected chi connectivity index (χ3v) is 2.26. The Balaban J connectivity index is 2.30. The van der Waals surface area contributed by atoms with Crippen LogP contribution in [0.5, 0.6) is 0 Å². The Bertz CT molecular complexity index is 342. The van der Waals surface area contributed by atoms with Crippen molar-refractivity contribution in [1.29, 1.82) is 0 Å². The second-order valence-corrected chi connectivity index (χ2v) is 3.66. The van der Waals surface area contributed by atoms with Gasteiger partial charge >= 0.3 is 0 Å². The zero-order chi connectivity index (χ0) is 11.8. The number of nitrogens with one attached hydrogen (secondary N) is 1. The second-order valence-electron chi connectivity index (χ2n) is 3.66. The van der Waals surface area contributed by atoms with Crippen LogP contribution in [0.15, 0.2) is 18.2 Å². The summed E-state index contributed by atoms with van der Waals surface area (Å²) in [5.41, 5.74) is 0.135. The van der Waals surface area contributed by atoms with Gasteiger partial charge in [-0.15, -0.1) is 0 Å². The van der Waals surface area contributed by atoms with E-state index in [1.807, 2.05) is 0 Å². The van der Waals surface area contributed by atoms with Crippen molar-refractivity contribution in [2.75, 3.05) is 6.54 Å². The Morgan fingerprint density at radius 1 is 1.38 bits per heavy atom. The summed E-state index contributed by atoms with van der Waals surface area (Å²) in [5, 5.41) is 2.72. The number of hydrogen-bond donors (Lipinski definition) is 1. The lowest BCUT2D eigenvalue weighted by atomic mass is 10.2. The zero-order valence-corrected chi connectivity index (χ0v) is 9.50. The van der Waals surface area contributed by atoms with Gasteiger partial charge in [-0.2, -0.15) is 4.39 Å². The number of carbonyl (C=O) groups is 1. The quantitative estimate of drug-likeness (QED) is 0.596. The molecule has 0 aliphatic rings. The van der Waals surface area contributed by atoms with Gasteiger partial charge in [0.1, 0.15) is 5.69 Å². The van der Waals surface area contributed by atoms with Crippen LogP contribution in [0.3, 0.4) is 0 Å². The van der Waals surface area contributed by atoms with Gasteiger partial charge in [0.15, 0.2) is 0 Å². The number of nitrogens with zero attached hydrogens (tertiary/aromatic N) is 1. The summed E-state index contributed by atoms with van der Waals surface area (Å²) in [6, 6.07) is 4.21. The average molecular weight is 224 g/mol. The van der Waals surface area contributed by atoms with Crippen molar-refractivity contribution in [3.05, 3.63) is 29.8 Å². The minimum absolute atomic E-state index is 0.135. The van der Waals surface area contributed by atoms with Crippen LogP contribution in [0.4, 0.5) is 4.39 Å². The number of halogens is 1. The van der Waals surface area contributed by atoms with Crippen molar-refractivity contribution in [2.24, 2.45) is 0 Å². The molecule has 0 spiro atoms. The molecular weight excluding hydrogens is 207 g/mol. The molecule has 1 N–H and O–H groups in total. The smallest absolute Gasteiger partial charge is 0.269 e. The van der Waals surface area contributed by atoms with Crippen LogP contribution in [0, 0.1) is 5.95 Å². The largest absolute Gasteiger partial charge is 0.351 e. The Hall–Kier alpha value is -1.45. The molecule has 16 heavy (non-hydrogen) atoms. The summed E-state index contributed by atoms with van der Waals surface area (Å²) in [5.74, 6) is -0.936. The maximum Gasteiger partial charge on any atom is 0.269 e. The molecule has 0 fully saturated rings. The molecule has 1 aromatic heterocycles. The Morgan fingerprint density at radius 3 is 2.88 bits per heavy atom. The number of amides is 1. The third kappa shape index (κ3) is 4.38. The van der Waals surface area contributed by atoms with Crippen LogP contribution in [-0.4, -0.2) is 17.4 Å². The van der Waals surface area contributed by atoms with Crippen molar-refractivity contribution in [1.82, 2.24) is 10.3 Å². The lowest BCUT2D eigenvalue weighted by Crippen LogP contribution is -2.25. The lowest BCUT2D eigenvalue weighted by molar-refractivity contribution is 0.0947. The van der Waals surface area contributed by atoms with Crippen LogP contribution in [-0.2, 0) is 0 Å². The summed E-state index contributed by atoms with van der Waals surface area (Å²) in [6.45, 7) is 2.76. The first-order valence-corrected chi connectivity index (χ1v) is 5.64. The van der Waals surface area contributed by atoms with E-state index in [9.17, 15) is 9.18 Å². The molecule has 1 amide bonds. The van der Waals surface area contributed by atoms with Gasteiger partial charge in [-0.1, -0.05) is 32.3 Å². The SMILES string of the molecule is CCCCCCNC(=O)c1cccc(F)n1. The van der Waals surface area contributed by atoms with Crippen molar-refractivity contribution in [2.45, 2.75) is 32.6 Å². The molecule has 1 rings (SSSR count). The molecule has 0 atom stereocenters. The monoisotopic (exact) mass is 224 g/mol. The Kier molecular flexibility index (Phi) is 5.46. The van der Waals surface area contributed by atoms with Gasteiger partial charge in [0.05, 0.1) is 0 Å². The first kappa shape index (κ1) is 12.6. The fourth-order valence-electron chi connectivity index (χ4n) is 1.38. The van der Waals surface area contributed by atoms with E-state index in [2.05, 4.69) is 17.2 Å². The highest BCUT2D eigenvalue weighted by Crippen LogP contribution is 1.99. The average Bonchev–Trinajstić information content (AvgIpc) is 2.28. The molecule has 0 saturated heterocycles. The van der Waals surface area contributed by atoms with Crippen molar-refractivity contribution in [3.8, 4) is 0 Å². The molecule has 0 bridgehead atoms. The summed E-state index contributed by atoms with van der Waals surface area (Å²) in [4.78, 5) is 15.0. The highest BCUT2D eigenvalue weighted by molar-refractivity contribution is 5.92. The van der Waals surface area contributed by atoms with Gasteiger partial charge in [-0.25, -0.2) is 4.98 Å². The van der Waals surface area contributed by atoms with Crippen LogP contribution in [0.2, 0.25) is 0 Å². The number of hydrogen-bond acceptors (Lipinski definition) is 2. The first-order valence-electron chi connectivity index (χ1n) is 5.64. The maximum absolute atomic E-state index is 12.7. The van der Waals surface area contributed by atoms with E-state index in [0.717, 1.165) is 12.8 Å². The molecule has 4 heteroatoms. The van der Waals surface area contributed by atoms with Gasteiger partial charge in [0, 0.05) is 6.54 Å². The maximum atomic E-state index is 12.7. The molecular formula is C12H17FN2O. The summed E-state index contributed by atoms with van der Waals surface area (Å²) in [6.07, 6.45) is 4.40. The second kappa shape index (κ2) is 6.93. The molecule has 0 unspecified atom stereocenters. The van der Waals surface area contributed by atoms with E-state index in [-0.39, 0.29) is 11.6 Å². The van der Waals surface area contributed by atoms with E-state index in [1.165, 1.54) is 31.0 Å². The normalized spacial score (nSPS) is 10.1. The van der Waals surface area contributed by atoms with Gasteiger partial charge < -0.3 is 5.32 Å². The highest BCUT2D eigenvalue weighted by atomic mass is 19.1. The number of carbonyl (C=O) groups excluding carboxylic acids is 1. The molecule has 0 saturated carbocycles. The van der Waals surface area contributed by atoms with E-state index >= 15 is 0 Å². The highest BCUT2D eigenvalue weighted by Gasteiger charge is 2.06. The molecule has 3 nitrogen and oxygen atoms in total. The van der Waals surface area contributed by atoms with Gasteiger partial charge in [-0.05, 0) is 18.6 Å². The summed E-state index contributed by atoms with van der Waals surface area (Å²) < 4.78 is 12.7. The molecule has 0 aliphatic heterocycles. The molecule has 1 heterocycles. The van der Waals surface area contributed by atoms with E-state index in [4.69, 9.17) is 0 Å². The number of pyridine rings is 1. The minimum atomic E-state index is -0.626. The van der Waals surface area contributed by atoms with Crippen LogP contribution in [0.25, 0.3) is 0 Å². The van der Waals surface area contributed by atoms with Crippen molar-refractivity contribution >= 4 is 5.91 Å². The van der Waals surface area contributed by atoms with Crippen molar-refractivity contribution in [3.63, 3.8) is 0 Å². The molecule has 88 valence electrons. The van der Waals surface area contributed by atoms with E-state index in [0.29, 0.717) is 6.54 Å². The van der Waals surface area contributed by atoms with Crippen molar-refractivity contribution < 1.29 is 9.18 Å². The lowest BCUT2D eigenvalue weighted by Gasteiger charge is -2.04. The van der Waals surface area contributed by atoms with Gasteiger partial charge in [0.25, 0.3) is 5.91 Å². The topological polar surface area (TPSA) is 42.0 Å². The van der Waals surface area contributed by atoms with Crippen LogP contribution >= 0.6 is 0 Å². The zero-order valence-electron chi connectivity index (χ0n) is 9.50. The predicted molar refractivity (Wildman–Crippen MR) is 60.7 cm³/mol. The number of unbranched alkanes of at least 4 members (excludes halogenated alkanes) is 3. The van der Waals surface area contributed by atoms with Gasteiger partial charge in [-0.3, -0.25) is 4.79 Å². The Labute approximate surface area is 95.1 Å². The summed E-state index contributed by atoms with van der Waals surface area (Å²) >= 11 is 0. The predicted octanol–water partition coefficient (Wildman–Crippen LogP) is 2.53. The number of rotatable bonds is 6. The van der Waals surface area contributed by atoms with E-state index < -0.39 is 5.95 Å². The van der Waals surface area contributed by atoms with E-state index in [1.54, 1.807) is 0 Å². The first-order chi connectivity index (χ1) is 7.74. The molecule has 0 aromatic carbocycles. The molecule has 0 aliphatic carbocycles.